The Morgan fingerprint density at radius 1 is 1.00 bits per heavy atom. The number of esters is 1. The van der Waals surface area contributed by atoms with Crippen LogP contribution in [0.3, 0.4) is 0 Å². The minimum absolute atomic E-state index is 0.0386. The number of aryl methyl sites for hydroxylation is 2. The van der Waals surface area contributed by atoms with Gasteiger partial charge in [-0.2, -0.15) is 0 Å². The molecule has 0 bridgehead atoms. The van der Waals surface area contributed by atoms with E-state index in [1.807, 2.05) is 44.2 Å². The van der Waals surface area contributed by atoms with E-state index in [4.69, 9.17) is 9.15 Å². The molecule has 4 rings (SSSR count). The number of carbonyl (C=O) groups excluding carboxylic acids is 1. The van der Waals surface area contributed by atoms with Crippen LogP contribution in [0.2, 0.25) is 0 Å². The molecule has 3 aromatic rings. The van der Waals surface area contributed by atoms with Gasteiger partial charge in [0.25, 0.3) is 5.69 Å². The summed E-state index contributed by atoms with van der Waals surface area (Å²) in [6, 6.07) is 16.1. The fraction of sp³-hybridized carbons (Fsp3) is 0.0833. The highest BCUT2D eigenvalue weighted by molar-refractivity contribution is 6.11. The van der Waals surface area contributed by atoms with Crippen molar-refractivity contribution in [1.29, 1.82) is 0 Å². The third kappa shape index (κ3) is 4.35. The van der Waals surface area contributed by atoms with Crippen LogP contribution in [0, 0.1) is 24.0 Å². The summed E-state index contributed by atoms with van der Waals surface area (Å²) in [5.74, 6) is 0.257. The standard InChI is InChI=1S/C24H18N2O5/c1-15-12-19(21(26(28)29)13-16(15)2)22-10-9-18(30-22)14-20-24(27)31-23(25-20)11-8-17-6-4-3-5-7-17/h3-14H,1-2H3/b11-8+,20-14-. The summed E-state index contributed by atoms with van der Waals surface area (Å²) in [7, 11) is 0. The molecule has 0 saturated carbocycles. The molecular weight excluding hydrogens is 396 g/mol. The van der Waals surface area contributed by atoms with Crippen LogP contribution in [0.5, 0.6) is 0 Å². The lowest BCUT2D eigenvalue weighted by Crippen LogP contribution is -2.01. The van der Waals surface area contributed by atoms with Crippen molar-refractivity contribution in [3.8, 4) is 11.3 Å². The Balaban J connectivity index is 1.61. The second-order valence-electron chi connectivity index (χ2n) is 7.03. The van der Waals surface area contributed by atoms with Gasteiger partial charge in [-0.25, -0.2) is 9.79 Å². The van der Waals surface area contributed by atoms with Crippen molar-refractivity contribution in [2.75, 3.05) is 0 Å². The van der Waals surface area contributed by atoms with E-state index in [1.165, 1.54) is 12.1 Å². The van der Waals surface area contributed by atoms with Gasteiger partial charge < -0.3 is 9.15 Å². The minimum Gasteiger partial charge on any atom is -0.456 e. The number of rotatable bonds is 5. The Bertz CT molecular complexity index is 1270. The largest absolute Gasteiger partial charge is 0.456 e. The van der Waals surface area contributed by atoms with Gasteiger partial charge in [0, 0.05) is 18.2 Å². The molecule has 2 aromatic carbocycles. The zero-order valence-electron chi connectivity index (χ0n) is 16.9. The third-order valence-electron chi connectivity index (χ3n) is 4.83. The number of aliphatic imine (C=N–C) groups is 1. The lowest BCUT2D eigenvalue weighted by atomic mass is 10.0. The average molecular weight is 414 g/mol. The van der Waals surface area contributed by atoms with E-state index in [1.54, 1.807) is 30.4 Å². The molecule has 0 unspecified atom stereocenters. The normalized spacial score (nSPS) is 14.8. The lowest BCUT2D eigenvalue weighted by Gasteiger charge is -2.04. The van der Waals surface area contributed by atoms with Gasteiger partial charge in [0.2, 0.25) is 5.90 Å². The molecule has 1 aromatic heterocycles. The molecular formula is C24H18N2O5. The van der Waals surface area contributed by atoms with E-state index in [0.29, 0.717) is 17.1 Å². The number of nitro groups is 1. The molecule has 154 valence electrons. The van der Waals surface area contributed by atoms with Crippen LogP contribution in [-0.2, 0) is 9.53 Å². The first kappa shape index (κ1) is 20.0. The molecule has 7 nitrogen and oxygen atoms in total. The van der Waals surface area contributed by atoms with Crippen molar-refractivity contribution in [2.24, 2.45) is 4.99 Å². The molecule has 2 heterocycles. The Hall–Kier alpha value is -4.26. The summed E-state index contributed by atoms with van der Waals surface area (Å²) < 4.78 is 10.9. The van der Waals surface area contributed by atoms with Crippen LogP contribution in [0.4, 0.5) is 5.69 Å². The molecule has 0 saturated heterocycles. The SMILES string of the molecule is Cc1cc(-c2ccc(/C=C3N=C(/C=C/c4ccccc4)OC\3=O)o2)c([N+](=O)[O-])cc1C. The molecule has 0 radical (unpaired) electrons. The van der Waals surface area contributed by atoms with E-state index in [0.717, 1.165) is 16.7 Å². The maximum absolute atomic E-state index is 12.1. The Kier molecular flexibility index (Phi) is 5.32. The predicted molar refractivity (Wildman–Crippen MR) is 117 cm³/mol. The van der Waals surface area contributed by atoms with Crippen molar-refractivity contribution in [3.63, 3.8) is 0 Å². The van der Waals surface area contributed by atoms with Crippen molar-refractivity contribution in [2.45, 2.75) is 13.8 Å². The van der Waals surface area contributed by atoms with Gasteiger partial charge in [0.05, 0.1) is 10.5 Å². The summed E-state index contributed by atoms with van der Waals surface area (Å²) >= 11 is 0. The number of furan rings is 1. The summed E-state index contributed by atoms with van der Waals surface area (Å²) in [6.07, 6.45) is 4.85. The van der Waals surface area contributed by atoms with Crippen molar-refractivity contribution in [1.82, 2.24) is 0 Å². The van der Waals surface area contributed by atoms with Gasteiger partial charge in [0.1, 0.15) is 11.5 Å². The van der Waals surface area contributed by atoms with E-state index in [2.05, 4.69) is 4.99 Å². The number of benzene rings is 2. The fourth-order valence-electron chi connectivity index (χ4n) is 3.09. The minimum atomic E-state index is -0.595. The van der Waals surface area contributed by atoms with Gasteiger partial charge in [-0.1, -0.05) is 30.3 Å². The van der Waals surface area contributed by atoms with E-state index >= 15 is 0 Å². The van der Waals surface area contributed by atoms with Crippen LogP contribution < -0.4 is 0 Å². The van der Waals surface area contributed by atoms with E-state index < -0.39 is 10.9 Å². The van der Waals surface area contributed by atoms with Gasteiger partial charge in [-0.3, -0.25) is 10.1 Å². The van der Waals surface area contributed by atoms with Crippen molar-refractivity contribution < 1.29 is 18.9 Å². The highest BCUT2D eigenvalue weighted by Crippen LogP contribution is 2.34. The quantitative estimate of drug-likeness (QED) is 0.238. The molecule has 0 atom stereocenters. The Morgan fingerprint density at radius 2 is 1.74 bits per heavy atom. The summed E-state index contributed by atoms with van der Waals surface area (Å²) in [5, 5.41) is 11.5. The zero-order chi connectivity index (χ0) is 22.0. The van der Waals surface area contributed by atoms with Crippen molar-refractivity contribution >= 4 is 29.7 Å². The summed E-state index contributed by atoms with van der Waals surface area (Å²) in [5.41, 5.74) is 3.11. The second kappa shape index (κ2) is 8.23. The molecule has 1 aliphatic heterocycles. The molecule has 1 aliphatic rings. The second-order valence-corrected chi connectivity index (χ2v) is 7.03. The number of ether oxygens (including phenoxy) is 1. The number of hydrogen-bond acceptors (Lipinski definition) is 6. The molecule has 0 amide bonds. The van der Waals surface area contributed by atoms with Crippen molar-refractivity contribution in [3.05, 3.63) is 98.9 Å². The first-order valence-corrected chi connectivity index (χ1v) is 9.52. The predicted octanol–water partition coefficient (Wildman–Crippen LogP) is 5.48. The summed E-state index contributed by atoms with van der Waals surface area (Å²) in [6.45, 7) is 3.69. The molecule has 31 heavy (non-hydrogen) atoms. The smallest absolute Gasteiger partial charge is 0.363 e. The molecule has 0 fully saturated rings. The average Bonchev–Trinajstić information content (AvgIpc) is 3.35. The van der Waals surface area contributed by atoms with Gasteiger partial charge in [-0.05, 0) is 54.8 Å². The number of hydrogen-bond donors (Lipinski definition) is 0. The molecule has 0 aliphatic carbocycles. The first-order valence-electron chi connectivity index (χ1n) is 9.52. The van der Waals surface area contributed by atoms with Crippen LogP contribution in [-0.4, -0.2) is 16.8 Å². The number of nitrogens with zero attached hydrogens (tertiary/aromatic N) is 2. The van der Waals surface area contributed by atoms with E-state index in [-0.39, 0.29) is 17.3 Å². The van der Waals surface area contributed by atoms with E-state index in [9.17, 15) is 14.9 Å². The highest BCUT2D eigenvalue weighted by Gasteiger charge is 2.23. The van der Waals surface area contributed by atoms with Gasteiger partial charge in [0.15, 0.2) is 5.70 Å². The summed E-state index contributed by atoms with van der Waals surface area (Å²) in [4.78, 5) is 27.3. The van der Waals surface area contributed by atoms with Crippen LogP contribution >= 0.6 is 0 Å². The van der Waals surface area contributed by atoms with Gasteiger partial charge in [-0.15, -0.1) is 0 Å². The van der Waals surface area contributed by atoms with Crippen LogP contribution in [0.15, 0.2) is 75.8 Å². The Morgan fingerprint density at radius 3 is 2.48 bits per heavy atom. The number of carbonyl (C=O) groups is 1. The maximum atomic E-state index is 12.1. The topological polar surface area (TPSA) is 94.9 Å². The number of nitro benzene ring substituents is 1. The van der Waals surface area contributed by atoms with Gasteiger partial charge >= 0.3 is 5.97 Å². The molecule has 0 spiro atoms. The zero-order valence-corrected chi connectivity index (χ0v) is 16.9. The number of cyclic esters (lactones) is 1. The molecule has 7 heteroatoms. The highest BCUT2D eigenvalue weighted by atomic mass is 16.6. The fourth-order valence-corrected chi connectivity index (χ4v) is 3.09. The first-order chi connectivity index (χ1) is 14.9. The Labute approximate surface area is 178 Å². The lowest BCUT2D eigenvalue weighted by molar-refractivity contribution is -0.384. The van der Waals surface area contributed by atoms with Crippen LogP contribution in [0.25, 0.3) is 23.5 Å². The van der Waals surface area contributed by atoms with Crippen LogP contribution in [0.1, 0.15) is 22.5 Å². The maximum Gasteiger partial charge on any atom is 0.363 e. The third-order valence-corrected chi connectivity index (χ3v) is 4.83. The monoisotopic (exact) mass is 414 g/mol. The molecule has 0 N–H and O–H groups in total.